The minimum Gasteiger partial charge on any atom is -0.444 e. The van der Waals surface area contributed by atoms with Crippen molar-refractivity contribution in [2.75, 3.05) is 25.5 Å². The van der Waals surface area contributed by atoms with Crippen molar-refractivity contribution in [2.45, 2.75) is 56.8 Å². The average Bonchev–Trinajstić information content (AvgIpc) is 3.15. The van der Waals surface area contributed by atoms with Gasteiger partial charge in [-0.3, -0.25) is 14.5 Å². The molecular weight excluding hydrogens is 388 g/mol. The van der Waals surface area contributed by atoms with E-state index in [1.807, 2.05) is 24.3 Å². The molecule has 9 heteroatoms. The molecule has 0 aromatic heterocycles. The first-order chi connectivity index (χ1) is 14.1. The first kappa shape index (κ1) is 21.9. The first-order valence-electron chi connectivity index (χ1n) is 10.1. The summed E-state index contributed by atoms with van der Waals surface area (Å²) < 4.78 is 5.60. The topological polar surface area (TPSA) is 120 Å². The van der Waals surface area contributed by atoms with E-state index in [1.54, 1.807) is 20.8 Å². The van der Waals surface area contributed by atoms with Crippen LogP contribution in [-0.2, 0) is 19.7 Å². The van der Waals surface area contributed by atoms with E-state index in [0.717, 1.165) is 11.3 Å². The van der Waals surface area contributed by atoms with Crippen molar-refractivity contribution in [1.29, 1.82) is 0 Å². The standard InChI is InChI=1S/C21H30N4O5/c1-20(2,3)30-19(29)25-15(17(28)23-12-16(27)22-4)11-21(9-10-26)13-7-5-6-8-14(13)24-18(21)25/h5-8,15,18,24,26H,9-12H2,1-4H3,(H,22,27)(H,23,28). The van der Waals surface area contributed by atoms with Crippen LogP contribution in [0, 0.1) is 0 Å². The minimum atomic E-state index is -0.845. The van der Waals surface area contributed by atoms with Gasteiger partial charge in [0.15, 0.2) is 0 Å². The fourth-order valence-corrected chi connectivity index (χ4v) is 4.37. The van der Waals surface area contributed by atoms with Gasteiger partial charge in [0.05, 0.1) is 6.54 Å². The van der Waals surface area contributed by atoms with Gasteiger partial charge in [-0.2, -0.15) is 0 Å². The van der Waals surface area contributed by atoms with Gasteiger partial charge < -0.3 is 25.8 Å². The van der Waals surface area contributed by atoms with Gasteiger partial charge in [-0.1, -0.05) is 18.2 Å². The summed E-state index contributed by atoms with van der Waals surface area (Å²) >= 11 is 0. The molecule has 0 bridgehead atoms. The number of rotatable bonds is 5. The summed E-state index contributed by atoms with van der Waals surface area (Å²) in [5, 5.41) is 18.2. The number of fused-ring (bicyclic) bond motifs is 3. The molecular formula is C21H30N4O5. The quantitative estimate of drug-likeness (QED) is 0.565. The fraction of sp³-hybridized carbons (Fsp3) is 0.571. The zero-order valence-corrected chi connectivity index (χ0v) is 17.8. The molecule has 3 rings (SSSR count). The number of hydrogen-bond acceptors (Lipinski definition) is 6. The predicted octanol–water partition coefficient (Wildman–Crippen LogP) is 0.930. The molecule has 1 saturated heterocycles. The van der Waals surface area contributed by atoms with Crippen LogP contribution in [-0.4, -0.2) is 65.9 Å². The summed E-state index contributed by atoms with van der Waals surface area (Å²) in [7, 11) is 1.48. The Morgan fingerprint density at radius 3 is 2.63 bits per heavy atom. The lowest BCUT2D eigenvalue weighted by molar-refractivity contribution is -0.128. The summed E-state index contributed by atoms with van der Waals surface area (Å²) in [5.74, 6) is -0.769. The van der Waals surface area contributed by atoms with E-state index in [9.17, 15) is 19.5 Å². The van der Waals surface area contributed by atoms with E-state index in [4.69, 9.17) is 4.74 Å². The number of aliphatic hydroxyl groups is 1. The minimum absolute atomic E-state index is 0.0960. The number of likely N-dealkylation sites (tertiary alicyclic amines) is 1. The lowest BCUT2D eigenvalue weighted by Crippen LogP contribution is -2.54. The number of aliphatic hydroxyl groups excluding tert-OH is 1. The molecule has 4 N–H and O–H groups in total. The van der Waals surface area contributed by atoms with E-state index in [-0.39, 0.29) is 19.1 Å². The highest BCUT2D eigenvalue weighted by atomic mass is 16.6. The number of ether oxygens (including phenoxy) is 1. The van der Waals surface area contributed by atoms with E-state index in [0.29, 0.717) is 12.8 Å². The van der Waals surface area contributed by atoms with Crippen molar-refractivity contribution in [2.24, 2.45) is 0 Å². The summed E-state index contributed by atoms with van der Waals surface area (Å²) in [6.07, 6.45) is -0.485. The van der Waals surface area contributed by atoms with Crippen molar-refractivity contribution >= 4 is 23.6 Å². The van der Waals surface area contributed by atoms with E-state index >= 15 is 0 Å². The van der Waals surface area contributed by atoms with Crippen LogP contribution in [0.25, 0.3) is 0 Å². The third-order valence-corrected chi connectivity index (χ3v) is 5.62. The highest BCUT2D eigenvalue weighted by Crippen LogP contribution is 2.53. The highest BCUT2D eigenvalue weighted by Gasteiger charge is 2.61. The second-order valence-corrected chi connectivity index (χ2v) is 8.72. The number of benzene rings is 1. The largest absolute Gasteiger partial charge is 0.444 e. The summed E-state index contributed by atoms with van der Waals surface area (Å²) in [5.41, 5.74) is 0.443. The number of para-hydroxylation sites is 1. The van der Waals surface area contributed by atoms with Gasteiger partial charge in [0.2, 0.25) is 11.8 Å². The van der Waals surface area contributed by atoms with Gasteiger partial charge >= 0.3 is 6.09 Å². The lowest BCUT2D eigenvalue weighted by Gasteiger charge is -2.34. The molecule has 0 radical (unpaired) electrons. The molecule has 164 valence electrons. The van der Waals surface area contributed by atoms with Crippen LogP contribution in [0.1, 0.15) is 39.2 Å². The van der Waals surface area contributed by atoms with E-state index < -0.39 is 35.2 Å². The molecule has 1 fully saturated rings. The van der Waals surface area contributed by atoms with E-state index in [2.05, 4.69) is 16.0 Å². The Morgan fingerprint density at radius 1 is 1.30 bits per heavy atom. The average molecular weight is 418 g/mol. The Bertz CT molecular complexity index is 837. The highest BCUT2D eigenvalue weighted by molar-refractivity contribution is 5.91. The van der Waals surface area contributed by atoms with Gasteiger partial charge in [-0.15, -0.1) is 0 Å². The second-order valence-electron chi connectivity index (χ2n) is 8.72. The van der Waals surface area contributed by atoms with E-state index in [1.165, 1.54) is 11.9 Å². The normalized spacial score (nSPS) is 24.5. The number of carbonyl (C=O) groups is 3. The molecule has 0 spiro atoms. The Kier molecular flexibility index (Phi) is 5.94. The van der Waals surface area contributed by atoms with Crippen LogP contribution in [0.3, 0.4) is 0 Å². The zero-order chi connectivity index (χ0) is 22.1. The SMILES string of the molecule is CNC(=O)CNC(=O)C1CC2(CCO)c3ccccc3NC2N1C(=O)OC(C)(C)C. The molecule has 3 atom stereocenters. The van der Waals surface area contributed by atoms with Crippen LogP contribution in [0.5, 0.6) is 0 Å². The Hall–Kier alpha value is -2.81. The molecule has 2 aliphatic rings. The van der Waals surface area contributed by atoms with Crippen molar-refractivity contribution in [1.82, 2.24) is 15.5 Å². The van der Waals surface area contributed by atoms with Crippen LogP contribution < -0.4 is 16.0 Å². The molecule has 1 aromatic rings. The number of likely N-dealkylation sites (N-methyl/N-ethyl adjacent to an activating group) is 1. The number of anilines is 1. The number of carbonyl (C=O) groups excluding carboxylic acids is 3. The smallest absolute Gasteiger partial charge is 0.412 e. The molecule has 2 heterocycles. The molecule has 0 saturated carbocycles. The summed E-state index contributed by atoms with van der Waals surface area (Å²) in [4.78, 5) is 39.2. The summed E-state index contributed by atoms with van der Waals surface area (Å²) in [6.45, 7) is 5.01. The van der Waals surface area contributed by atoms with Gasteiger partial charge in [0.25, 0.3) is 0 Å². The first-order valence-corrected chi connectivity index (χ1v) is 10.1. The Balaban J connectivity index is 1.98. The van der Waals surface area contributed by atoms with Crippen molar-refractivity contribution in [3.05, 3.63) is 29.8 Å². The zero-order valence-electron chi connectivity index (χ0n) is 17.8. The molecule has 3 amide bonds. The number of nitrogens with zero attached hydrogens (tertiary/aromatic N) is 1. The molecule has 1 aromatic carbocycles. The van der Waals surface area contributed by atoms with Gasteiger partial charge in [-0.05, 0) is 45.2 Å². The maximum absolute atomic E-state index is 13.2. The van der Waals surface area contributed by atoms with Crippen molar-refractivity contribution in [3.63, 3.8) is 0 Å². The van der Waals surface area contributed by atoms with Crippen LogP contribution >= 0.6 is 0 Å². The second kappa shape index (κ2) is 8.14. The molecule has 9 nitrogen and oxygen atoms in total. The maximum atomic E-state index is 13.2. The third-order valence-electron chi connectivity index (χ3n) is 5.62. The monoisotopic (exact) mass is 418 g/mol. The van der Waals surface area contributed by atoms with Crippen molar-refractivity contribution < 1.29 is 24.2 Å². The lowest BCUT2D eigenvalue weighted by atomic mass is 9.75. The van der Waals surface area contributed by atoms with Gasteiger partial charge in [0, 0.05) is 24.8 Å². The van der Waals surface area contributed by atoms with Crippen molar-refractivity contribution in [3.8, 4) is 0 Å². The predicted molar refractivity (Wildman–Crippen MR) is 111 cm³/mol. The Labute approximate surface area is 176 Å². The number of hydrogen-bond donors (Lipinski definition) is 4. The molecule has 2 aliphatic heterocycles. The van der Waals surface area contributed by atoms with Gasteiger partial charge in [0.1, 0.15) is 17.8 Å². The van der Waals surface area contributed by atoms with Crippen LogP contribution in [0.15, 0.2) is 24.3 Å². The fourth-order valence-electron chi connectivity index (χ4n) is 4.37. The molecule has 3 unspecified atom stereocenters. The summed E-state index contributed by atoms with van der Waals surface area (Å²) in [6, 6.07) is 6.82. The Morgan fingerprint density at radius 2 is 2.00 bits per heavy atom. The van der Waals surface area contributed by atoms with Crippen LogP contribution in [0.2, 0.25) is 0 Å². The molecule has 30 heavy (non-hydrogen) atoms. The van der Waals surface area contributed by atoms with Gasteiger partial charge in [-0.25, -0.2) is 4.79 Å². The third kappa shape index (κ3) is 3.94. The maximum Gasteiger partial charge on any atom is 0.412 e. The van der Waals surface area contributed by atoms with Crippen LogP contribution in [0.4, 0.5) is 10.5 Å². The number of nitrogens with one attached hydrogen (secondary N) is 3. The molecule has 0 aliphatic carbocycles. The number of amides is 3.